The fourth-order valence-corrected chi connectivity index (χ4v) is 5.17. The second kappa shape index (κ2) is 10.8. The molecule has 186 valence electrons. The molecule has 0 saturated carbocycles. The van der Waals surface area contributed by atoms with Crippen molar-refractivity contribution < 1.29 is 9.59 Å². The van der Waals surface area contributed by atoms with Crippen molar-refractivity contribution >= 4 is 45.6 Å². The van der Waals surface area contributed by atoms with Crippen molar-refractivity contribution in [3.8, 4) is 0 Å². The van der Waals surface area contributed by atoms with Crippen LogP contribution in [0.3, 0.4) is 0 Å². The first-order valence-electron chi connectivity index (χ1n) is 12.0. The third kappa shape index (κ3) is 5.59. The van der Waals surface area contributed by atoms with Gasteiger partial charge in [0.2, 0.25) is 0 Å². The molecule has 37 heavy (non-hydrogen) atoms. The quantitative estimate of drug-likeness (QED) is 0.247. The van der Waals surface area contributed by atoms with Gasteiger partial charge < -0.3 is 15.2 Å². The first-order valence-corrected chi connectivity index (χ1v) is 12.9. The minimum absolute atomic E-state index is 0.131. The van der Waals surface area contributed by atoms with Gasteiger partial charge >= 0.3 is 0 Å². The lowest BCUT2D eigenvalue weighted by molar-refractivity contribution is 0.0984. The van der Waals surface area contributed by atoms with E-state index < -0.39 is 0 Å². The molecule has 4 aromatic heterocycles. The normalized spacial score (nSPS) is 11.0. The lowest BCUT2D eigenvalue weighted by Crippen LogP contribution is -2.15. The summed E-state index contributed by atoms with van der Waals surface area (Å²) < 4.78 is 0. The zero-order valence-electron chi connectivity index (χ0n) is 20.7. The Labute approximate surface area is 219 Å². The van der Waals surface area contributed by atoms with E-state index in [2.05, 4.69) is 20.3 Å². The highest BCUT2D eigenvalue weighted by molar-refractivity contribution is 7.12. The fourth-order valence-electron chi connectivity index (χ4n) is 4.28. The van der Waals surface area contributed by atoms with Crippen molar-refractivity contribution in [1.82, 2.24) is 15.0 Å². The molecule has 0 atom stereocenters. The Morgan fingerprint density at radius 2 is 1.86 bits per heavy atom. The number of rotatable bonds is 9. The van der Waals surface area contributed by atoms with Gasteiger partial charge in [0.1, 0.15) is 11.5 Å². The Morgan fingerprint density at radius 3 is 2.73 bits per heavy atom. The molecule has 1 aromatic carbocycles. The Bertz CT molecular complexity index is 1570. The number of carbonyl (C=O) groups excluding carboxylic acids is 2. The number of aromatic amines is 1. The number of H-pyrrole nitrogens is 1. The van der Waals surface area contributed by atoms with E-state index in [0.717, 1.165) is 32.6 Å². The van der Waals surface area contributed by atoms with Gasteiger partial charge in [-0.2, -0.15) is 0 Å². The summed E-state index contributed by atoms with van der Waals surface area (Å²) in [5, 5.41) is 6.01. The van der Waals surface area contributed by atoms with Gasteiger partial charge in [-0.1, -0.05) is 12.1 Å². The third-order valence-electron chi connectivity index (χ3n) is 6.22. The molecule has 1 amide bonds. The van der Waals surface area contributed by atoms with Crippen LogP contribution in [0.2, 0.25) is 0 Å². The molecule has 2 N–H and O–H groups in total. The number of thiophene rings is 1. The number of amides is 1. The molecule has 5 rings (SSSR count). The van der Waals surface area contributed by atoms with Gasteiger partial charge in [0.25, 0.3) is 5.91 Å². The molecule has 0 spiro atoms. The molecule has 5 aromatic rings. The minimum Gasteiger partial charge on any atom is -0.363 e. The molecule has 8 heteroatoms. The van der Waals surface area contributed by atoms with E-state index >= 15 is 0 Å². The number of hydrogen-bond donors (Lipinski definition) is 2. The van der Waals surface area contributed by atoms with Crippen molar-refractivity contribution in [2.45, 2.75) is 19.3 Å². The number of anilines is 2. The average Bonchev–Trinajstić information content (AvgIpc) is 3.58. The highest BCUT2D eigenvalue weighted by atomic mass is 32.1. The topological polar surface area (TPSA) is 91.0 Å². The standard InChI is InChI=1S/C29H27N5O2S/c1-34(2)26-18-22(9-12-30-26)29(36)33-23-5-3-4-19(16-23)6-7-25(35)27-21(11-15-37-27)17-20-8-13-31-28-24(20)10-14-32-28/h3-5,8-16,18H,6-7,17H2,1-2H3,(H,31,32)(H,33,36). The summed E-state index contributed by atoms with van der Waals surface area (Å²) >= 11 is 1.49. The van der Waals surface area contributed by atoms with E-state index in [0.29, 0.717) is 36.3 Å². The molecule has 0 fully saturated rings. The number of hydrogen-bond acceptors (Lipinski definition) is 6. The zero-order chi connectivity index (χ0) is 25.8. The van der Waals surface area contributed by atoms with E-state index in [1.807, 2.05) is 73.0 Å². The maximum atomic E-state index is 13.2. The molecule has 0 radical (unpaired) electrons. The lowest BCUT2D eigenvalue weighted by Gasteiger charge is -2.12. The molecule has 0 aliphatic heterocycles. The molecular weight excluding hydrogens is 482 g/mol. The first kappa shape index (κ1) is 24.4. The number of ketones is 1. The van der Waals surface area contributed by atoms with Gasteiger partial charge in [-0.15, -0.1) is 11.3 Å². The van der Waals surface area contributed by atoms with Gasteiger partial charge in [0.15, 0.2) is 5.78 Å². The predicted molar refractivity (Wildman–Crippen MR) is 149 cm³/mol. The van der Waals surface area contributed by atoms with E-state index in [9.17, 15) is 9.59 Å². The molecule has 0 aliphatic rings. The molecule has 4 heterocycles. The predicted octanol–water partition coefficient (Wildman–Crippen LogP) is 5.74. The van der Waals surface area contributed by atoms with Crippen LogP contribution in [0.5, 0.6) is 0 Å². The lowest BCUT2D eigenvalue weighted by atomic mass is 10.0. The van der Waals surface area contributed by atoms with Gasteiger partial charge in [-0.05, 0) is 77.4 Å². The van der Waals surface area contributed by atoms with Crippen molar-refractivity contribution in [3.05, 3.63) is 106 Å². The molecule has 0 aliphatic carbocycles. The first-order chi connectivity index (χ1) is 18.0. The van der Waals surface area contributed by atoms with Gasteiger partial charge in [-0.25, -0.2) is 9.97 Å². The number of pyridine rings is 2. The number of nitrogens with zero attached hydrogens (tertiary/aromatic N) is 3. The Morgan fingerprint density at radius 1 is 1.00 bits per heavy atom. The number of benzene rings is 1. The van der Waals surface area contributed by atoms with E-state index in [-0.39, 0.29) is 11.7 Å². The van der Waals surface area contributed by atoms with Gasteiger partial charge in [0.05, 0.1) is 4.88 Å². The second-order valence-electron chi connectivity index (χ2n) is 9.04. The van der Waals surface area contributed by atoms with E-state index in [1.165, 1.54) is 11.3 Å². The molecule has 7 nitrogen and oxygen atoms in total. The highest BCUT2D eigenvalue weighted by Gasteiger charge is 2.15. The van der Waals surface area contributed by atoms with Crippen LogP contribution >= 0.6 is 11.3 Å². The smallest absolute Gasteiger partial charge is 0.255 e. The van der Waals surface area contributed by atoms with Crippen LogP contribution in [0.25, 0.3) is 11.0 Å². The summed E-state index contributed by atoms with van der Waals surface area (Å²) in [6, 6.07) is 17.2. The van der Waals surface area contributed by atoms with Crippen LogP contribution in [0.15, 0.2) is 78.6 Å². The average molecular weight is 510 g/mol. The summed E-state index contributed by atoms with van der Waals surface area (Å²) in [6.45, 7) is 0. The van der Waals surface area contributed by atoms with Crippen molar-refractivity contribution in [3.63, 3.8) is 0 Å². The van der Waals surface area contributed by atoms with Crippen molar-refractivity contribution in [2.75, 3.05) is 24.3 Å². The molecule has 0 bridgehead atoms. The van der Waals surface area contributed by atoms with Crippen LogP contribution in [0.1, 0.15) is 43.1 Å². The van der Waals surface area contributed by atoms with E-state index in [1.54, 1.807) is 24.5 Å². The van der Waals surface area contributed by atoms with Crippen LogP contribution in [0, 0.1) is 0 Å². The summed E-state index contributed by atoms with van der Waals surface area (Å²) in [6.07, 6.45) is 6.99. The second-order valence-corrected chi connectivity index (χ2v) is 9.95. The van der Waals surface area contributed by atoms with Crippen LogP contribution in [-0.4, -0.2) is 40.7 Å². The molecule has 0 unspecified atom stereocenters. The Kier molecular flexibility index (Phi) is 7.09. The Balaban J connectivity index is 1.23. The number of nitrogens with one attached hydrogen (secondary N) is 2. The largest absolute Gasteiger partial charge is 0.363 e. The monoisotopic (exact) mass is 509 g/mol. The molecular formula is C29H27N5O2S. The summed E-state index contributed by atoms with van der Waals surface area (Å²) in [5.41, 5.74) is 5.28. The van der Waals surface area contributed by atoms with Crippen molar-refractivity contribution in [1.29, 1.82) is 0 Å². The highest BCUT2D eigenvalue weighted by Crippen LogP contribution is 2.26. The summed E-state index contributed by atoms with van der Waals surface area (Å²) in [5.74, 6) is 0.649. The van der Waals surface area contributed by atoms with Crippen molar-refractivity contribution in [2.24, 2.45) is 0 Å². The minimum atomic E-state index is -0.199. The van der Waals surface area contributed by atoms with Crippen LogP contribution in [-0.2, 0) is 12.8 Å². The zero-order valence-corrected chi connectivity index (χ0v) is 21.5. The number of aryl methyl sites for hydroxylation is 1. The maximum Gasteiger partial charge on any atom is 0.255 e. The SMILES string of the molecule is CN(C)c1cc(C(=O)Nc2cccc(CCC(=O)c3sccc3Cc3ccnc4[nH]ccc34)c2)ccn1. The van der Waals surface area contributed by atoms with Gasteiger partial charge in [-0.3, -0.25) is 9.59 Å². The number of aromatic nitrogens is 3. The number of fused-ring (bicyclic) bond motifs is 1. The number of carbonyl (C=O) groups is 2. The molecule has 0 saturated heterocycles. The fraction of sp³-hybridized carbons (Fsp3) is 0.172. The third-order valence-corrected chi connectivity index (χ3v) is 7.22. The van der Waals surface area contributed by atoms with E-state index in [4.69, 9.17) is 0 Å². The summed E-state index contributed by atoms with van der Waals surface area (Å²) in [4.78, 5) is 40.3. The van der Waals surface area contributed by atoms with Crippen LogP contribution in [0.4, 0.5) is 11.5 Å². The number of Topliss-reactive ketones (excluding diaryl/α,β-unsaturated/α-hetero) is 1. The Hall–Kier alpha value is -4.30. The summed E-state index contributed by atoms with van der Waals surface area (Å²) in [7, 11) is 3.77. The van der Waals surface area contributed by atoms with Crippen LogP contribution < -0.4 is 10.2 Å². The maximum absolute atomic E-state index is 13.2. The van der Waals surface area contributed by atoms with Gasteiger partial charge in [0, 0.05) is 55.7 Å².